The van der Waals surface area contributed by atoms with Crippen LogP contribution >= 0.6 is 0 Å². The van der Waals surface area contributed by atoms with Gasteiger partial charge in [0.2, 0.25) is 0 Å². The average molecular weight is 463 g/mol. The molecule has 1 aromatic heterocycles. The fraction of sp³-hybridized carbons (Fsp3) is 0.238. The highest BCUT2D eigenvalue weighted by Gasteiger charge is 2.29. The molecule has 0 unspecified atom stereocenters. The lowest BCUT2D eigenvalue weighted by Gasteiger charge is -2.09. The Morgan fingerprint density at radius 2 is 1.82 bits per heavy atom. The van der Waals surface area contributed by atoms with Crippen LogP contribution in [0.1, 0.15) is 23.2 Å². The van der Waals surface area contributed by atoms with Crippen LogP contribution < -0.4 is 21.5 Å². The van der Waals surface area contributed by atoms with Crippen LogP contribution in [0.3, 0.4) is 0 Å². The number of amides is 2. The van der Waals surface area contributed by atoms with Gasteiger partial charge >= 0.3 is 6.18 Å². The van der Waals surface area contributed by atoms with Crippen molar-refractivity contribution < 1.29 is 38.0 Å². The Morgan fingerprint density at radius 1 is 1.15 bits per heavy atom. The van der Waals surface area contributed by atoms with Crippen molar-refractivity contribution in [1.29, 1.82) is 0 Å². The molecule has 0 saturated carbocycles. The second-order valence-electron chi connectivity index (χ2n) is 7.28. The van der Waals surface area contributed by atoms with Crippen molar-refractivity contribution in [2.45, 2.75) is 25.1 Å². The molecule has 1 saturated heterocycles. The number of hydrogen-bond donors (Lipinski definition) is 3. The van der Waals surface area contributed by atoms with E-state index < -0.39 is 18.1 Å². The maximum absolute atomic E-state index is 12.2. The summed E-state index contributed by atoms with van der Waals surface area (Å²) in [7, 11) is 0. The van der Waals surface area contributed by atoms with Crippen molar-refractivity contribution in [2.75, 3.05) is 11.9 Å². The standard InChI is InChI=1S/C19H19N5O2.C2HF3O2/c20-18(25)15-4-1-3-12-11-24(23-17(12)15)14-8-6-13(7-9-14)22-19(26)16-5-2-10-21-16;3-2(4,5)1(6)7/h1,3-4,6-9,11,16,21H,2,5,10H2,(H2,20,25)(H,22,26);(H,6,7)/t16-;/m0./s1. The molecule has 3 aromatic rings. The number of nitrogens with two attached hydrogens (primary N) is 2. The summed E-state index contributed by atoms with van der Waals surface area (Å²) in [6.45, 7) is 1.01. The largest absolute Gasteiger partial charge is 0.542 e. The first-order valence-corrected chi connectivity index (χ1v) is 9.87. The third-order valence-electron chi connectivity index (χ3n) is 4.94. The second-order valence-corrected chi connectivity index (χ2v) is 7.28. The van der Waals surface area contributed by atoms with Gasteiger partial charge in [0, 0.05) is 30.1 Å². The number of hydrogen-bond acceptors (Lipinski definition) is 5. The molecule has 0 aliphatic carbocycles. The van der Waals surface area contributed by atoms with Gasteiger partial charge < -0.3 is 26.3 Å². The summed E-state index contributed by atoms with van der Waals surface area (Å²) in [5, 5.41) is 19.1. The number of aliphatic carboxylic acids is 1. The lowest BCUT2D eigenvalue weighted by atomic mass is 10.1. The van der Waals surface area contributed by atoms with E-state index in [9.17, 15) is 22.8 Å². The molecule has 5 N–H and O–H groups in total. The summed E-state index contributed by atoms with van der Waals surface area (Å²) < 4.78 is 33.3. The van der Waals surface area contributed by atoms with E-state index in [1.165, 1.54) is 0 Å². The number of carboxylic acids is 1. The van der Waals surface area contributed by atoms with E-state index in [2.05, 4.69) is 15.7 Å². The van der Waals surface area contributed by atoms with E-state index in [-0.39, 0.29) is 11.9 Å². The van der Waals surface area contributed by atoms with Crippen LogP contribution in [0, 0.1) is 0 Å². The smallest absolute Gasteiger partial charge is 0.430 e. The van der Waals surface area contributed by atoms with Crippen molar-refractivity contribution in [3.63, 3.8) is 0 Å². The molecule has 33 heavy (non-hydrogen) atoms. The minimum Gasteiger partial charge on any atom is -0.542 e. The van der Waals surface area contributed by atoms with Crippen LogP contribution in [-0.2, 0) is 9.59 Å². The van der Waals surface area contributed by atoms with Crippen LogP contribution in [-0.4, -0.2) is 46.3 Å². The Bertz CT molecular complexity index is 1170. The topological polar surface area (TPSA) is 147 Å². The summed E-state index contributed by atoms with van der Waals surface area (Å²) in [5.74, 6) is -3.46. The van der Waals surface area contributed by atoms with Gasteiger partial charge in [-0.2, -0.15) is 18.3 Å². The van der Waals surface area contributed by atoms with Crippen LogP contribution in [0.2, 0.25) is 0 Å². The first kappa shape index (κ1) is 23.7. The summed E-state index contributed by atoms with van der Waals surface area (Å²) in [6.07, 6.45) is -1.34. The molecule has 2 amide bonds. The fourth-order valence-corrected chi connectivity index (χ4v) is 3.32. The van der Waals surface area contributed by atoms with Crippen LogP contribution in [0.25, 0.3) is 16.6 Å². The normalized spacial score (nSPS) is 15.5. The maximum atomic E-state index is 12.2. The lowest BCUT2D eigenvalue weighted by molar-refractivity contribution is -0.656. The molecule has 1 aliphatic rings. The number of carboxylic acid groups (broad SMARTS) is 1. The third kappa shape index (κ3) is 5.86. The molecular weight excluding hydrogens is 443 g/mol. The van der Waals surface area contributed by atoms with E-state index in [0.29, 0.717) is 11.1 Å². The molecule has 9 nitrogen and oxygen atoms in total. The van der Waals surface area contributed by atoms with E-state index in [1.54, 1.807) is 16.8 Å². The second kappa shape index (κ2) is 9.69. The van der Waals surface area contributed by atoms with Gasteiger partial charge in [-0.1, -0.05) is 12.1 Å². The number of alkyl halides is 3. The van der Waals surface area contributed by atoms with Crippen LogP contribution in [0.4, 0.5) is 18.9 Å². The lowest BCUT2D eigenvalue weighted by Crippen LogP contribution is -2.88. The van der Waals surface area contributed by atoms with Crippen molar-refractivity contribution >= 4 is 34.4 Å². The quantitative estimate of drug-likeness (QED) is 0.502. The first-order valence-electron chi connectivity index (χ1n) is 9.87. The molecule has 0 radical (unpaired) electrons. The van der Waals surface area contributed by atoms with Crippen molar-refractivity contribution in [1.82, 2.24) is 9.78 Å². The van der Waals surface area contributed by atoms with Crippen LogP contribution in [0.15, 0.2) is 48.7 Å². The third-order valence-corrected chi connectivity index (χ3v) is 4.94. The number of nitrogens with one attached hydrogen (secondary N) is 1. The number of fused-ring (bicyclic) bond motifs is 1. The predicted octanol–water partition coefficient (Wildman–Crippen LogP) is 0.0873. The van der Waals surface area contributed by atoms with Gasteiger partial charge in [0.15, 0.2) is 6.04 Å². The highest BCUT2D eigenvalue weighted by Crippen LogP contribution is 2.20. The number of primary amides is 1. The molecule has 1 aliphatic heterocycles. The number of halogens is 3. The Hall–Kier alpha value is -3.93. The van der Waals surface area contributed by atoms with Gasteiger partial charge in [-0.15, -0.1) is 0 Å². The molecule has 12 heteroatoms. The maximum Gasteiger partial charge on any atom is 0.430 e. The SMILES string of the molecule is NC(=O)c1cccc2cn(-c3ccc(NC(=O)[C@@H]4CCC[NH2+]4)cc3)nc12.O=C([O-])C(F)(F)F. The summed E-state index contributed by atoms with van der Waals surface area (Å²) in [6, 6.07) is 12.8. The van der Waals surface area contributed by atoms with Crippen molar-refractivity contribution in [3.05, 3.63) is 54.2 Å². The number of rotatable bonds is 4. The molecule has 174 valence electrons. The van der Waals surface area contributed by atoms with Gasteiger partial charge in [0.05, 0.1) is 17.8 Å². The molecule has 1 atom stereocenters. The van der Waals surface area contributed by atoms with E-state index >= 15 is 0 Å². The molecule has 0 bridgehead atoms. The molecule has 1 fully saturated rings. The summed E-state index contributed by atoms with van der Waals surface area (Å²) >= 11 is 0. The van der Waals surface area contributed by atoms with Gasteiger partial charge in [0.25, 0.3) is 11.8 Å². The van der Waals surface area contributed by atoms with Crippen molar-refractivity contribution in [3.8, 4) is 5.69 Å². The fourth-order valence-electron chi connectivity index (χ4n) is 3.32. The average Bonchev–Trinajstić information content (AvgIpc) is 3.43. The molecule has 0 spiro atoms. The van der Waals surface area contributed by atoms with E-state index in [1.807, 2.05) is 36.5 Å². The molecule has 2 heterocycles. The van der Waals surface area contributed by atoms with E-state index in [0.717, 1.165) is 36.1 Å². The van der Waals surface area contributed by atoms with Gasteiger partial charge in [-0.05, 0) is 30.3 Å². The van der Waals surface area contributed by atoms with E-state index in [4.69, 9.17) is 15.6 Å². The Balaban J connectivity index is 0.000000383. The molecular formula is C21H20F3N5O4. The highest BCUT2D eigenvalue weighted by molar-refractivity contribution is 6.04. The summed E-state index contributed by atoms with van der Waals surface area (Å²) in [5.41, 5.74) is 7.99. The van der Waals surface area contributed by atoms with Gasteiger partial charge in [-0.25, -0.2) is 4.68 Å². The number of carbonyl (C=O) groups excluding carboxylic acids is 3. The van der Waals surface area contributed by atoms with Gasteiger partial charge in [0.1, 0.15) is 11.5 Å². The Kier molecular flexibility index (Phi) is 6.97. The number of anilines is 1. The first-order chi connectivity index (χ1) is 15.6. The highest BCUT2D eigenvalue weighted by atomic mass is 19.4. The van der Waals surface area contributed by atoms with Crippen molar-refractivity contribution in [2.24, 2.45) is 5.73 Å². The zero-order valence-electron chi connectivity index (χ0n) is 17.1. The number of carbonyl (C=O) groups is 3. The summed E-state index contributed by atoms with van der Waals surface area (Å²) in [4.78, 5) is 32.5. The van der Waals surface area contributed by atoms with Crippen LogP contribution in [0.5, 0.6) is 0 Å². The number of nitrogens with zero attached hydrogens (tertiary/aromatic N) is 2. The minimum absolute atomic E-state index is 0.0123. The zero-order chi connectivity index (χ0) is 24.2. The molecule has 4 rings (SSSR count). The molecule has 2 aromatic carbocycles. The monoisotopic (exact) mass is 463 g/mol. The number of aromatic nitrogens is 2. The number of quaternary nitrogens is 1. The number of benzene rings is 2. The Labute approximate surface area is 185 Å². The van der Waals surface area contributed by atoms with Gasteiger partial charge in [-0.3, -0.25) is 9.59 Å². The zero-order valence-corrected chi connectivity index (χ0v) is 17.1. The minimum atomic E-state index is -5.19. The Morgan fingerprint density at radius 3 is 2.36 bits per heavy atom. The predicted molar refractivity (Wildman–Crippen MR) is 109 cm³/mol.